The summed E-state index contributed by atoms with van der Waals surface area (Å²) in [6.45, 7) is 0. The van der Waals surface area contributed by atoms with Gasteiger partial charge >= 0.3 is 19.5 Å². The van der Waals surface area contributed by atoms with Crippen molar-refractivity contribution in [2.24, 2.45) is 0 Å². The van der Waals surface area contributed by atoms with E-state index in [4.69, 9.17) is 37.3 Å². The molecule has 2 aromatic heterocycles. The van der Waals surface area contributed by atoms with Crippen LogP contribution in [0.25, 0.3) is 0 Å². The average Bonchev–Trinajstić information content (AvgIpc) is 2.40. The Morgan fingerprint density at radius 3 is 1.09 bits per heavy atom. The molecule has 0 aliphatic carbocycles. The fraction of sp³-hybridized carbons (Fsp3) is 0. The van der Waals surface area contributed by atoms with Gasteiger partial charge in [-0.25, -0.2) is 37.3 Å². The van der Waals surface area contributed by atoms with Crippen LogP contribution < -0.4 is 37.3 Å². The Bertz CT molecular complexity index is 335. The van der Waals surface area contributed by atoms with Crippen LogP contribution in [0.4, 0.5) is 0 Å². The van der Waals surface area contributed by atoms with Crippen LogP contribution in [0, 0.1) is 26.7 Å². The predicted molar refractivity (Wildman–Crippen MR) is 47.3 cm³/mol. The van der Waals surface area contributed by atoms with Crippen LogP contribution in [0.15, 0.2) is 55.0 Å². The number of nitrogens with zero attached hydrogens (tertiary/aromatic N) is 2. The summed E-state index contributed by atoms with van der Waals surface area (Å²) in [5.41, 5.74) is 0. The summed E-state index contributed by atoms with van der Waals surface area (Å²) in [7, 11) is -9.89. The Morgan fingerprint density at radius 1 is 0.609 bits per heavy atom. The summed E-state index contributed by atoms with van der Waals surface area (Å²) in [6, 6.07) is 11.2. The molecular formula is C10H9Cl2N2O8Ru. The summed E-state index contributed by atoms with van der Waals surface area (Å²) >= 11 is 0. The molecule has 0 N–H and O–H groups in total. The van der Waals surface area contributed by atoms with E-state index in [-0.39, 0.29) is 19.5 Å². The molecular weight excluding hydrogens is 448 g/mol. The summed E-state index contributed by atoms with van der Waals surface area (Å²) in [4.78, 5) is 7.44. The van der Waals surface area contributed by atoms with E-state index >= 15 is 0 Å². The van der Waals surface area contributed by atoms with Gasteiger partial charge in [-0.05, 0) is 12.1 Å². The van der Waals surface area contributed by atoms with Gasteiger partial charge in [0.25, 0.3) is 0 Å². The summed E-state index contributed by atoms with van der Waals surface area (Å²) in [5.74, 6) is 0. The SMILES string of the molecule is [O-][Cl+3]([O-])([O-])[O-].[O-][Cl+3]([O-])([O-])[O-].[Ru+3].[c-]1ccccn1.c1ccncc1. The summed E-state index contributed by atoms with van der Waals surface area (Å²) in [5, 5.41) is 0. The van der Waals surface area contributed by atoms with Crippen LogP contribution in [0.5, 0.6) is 0 Å². The number of pyridine rings is 2. The first-order valence-corrected chi connectivity index (χ1v) is 7.32. The molecule has 0 fully saturated rings. The van der Waals surface area contributed by atoms with Crippen LogP contribution in [-0.2, 0) is 19.5 Å². The fourth-order valence-electron chi connectivity index (χ4n) is 0.590. The Kier molecular flexibility index (Phi) is 18.9. The molecule has 2 rings (SSSR count). The first-order valence-electron chi connectivity index (χ1n) is 4.85. The zero-order valence-corrected chi connectivity index (χ0v) is 14.2. The second-order valence-corrected chi connectivity index (χ2v) is 4.25. The van der Waals surface area contributed by atoms with Gasteiger partial charge in [0.15, 0.2) is 0 Å². The van der Waals surface area contributed by atoms with E-state index in [1.165, 1.54) is 0 Å². The van der Waals surface area contributed by atoms with Crippen LogP contribution >= 0.6 is 0 Å². The van der Waals surface area contributed by atoms with Gasteiger partial charge in [0.05, 0.1) is 0 Å². The Balaban J connectivity index is -0.000000230. The van der Waals surface area contributed by atoms with E-state index < -0.39 is 20.5 Å². The van der Waals surface area contributed by atoms with Crippen molar-refractivity contribution in [2.45, 2.75) is 0 Å². The smallest absolute Gasteiger partial charge is 0.394 e. The maximum atomic E-state index is 8.49. The standard InChI is InChI=1S/C5H5N.C5H4N.2ClHO4.Ru/c2*1-2-4-6-5-3-1;2*2-1(3,4)5;/h1-5H;1-4H;2*(H,2,3,4,5);/q;-1;;;+3/p-2. The van der Waals surface area contributed by atoms with Crippen molar-refractivity contribution in [3.8, 4) is 0 Å². The van der Waals surface area contributed by atoms with Crippen molar-refractivity contribution >= 4 is 0 Å². The summed E-state index contributed by atoms with van der Waals surface area (Å²) < 4.78 is 67.9. The molecule has 2 aromatic rings. The van der Waals surface area contributed by atoms with Crippen molar-refractivity contribution in [1.82, 2.24) is 9.97 Å². The van der Waals surface area contributed by atoms with E-state index in [2.05, 4.69) is 16.2 Å². The van der Waals surface area contributed by atoms with E-state index in [1.807, 2.05) is 30.3 Å². The molecule has 0 spiro atoms. The molecule has 129 valence electrons. The molecule has 0 saturated carbocycles. The summed E-state index contributed by atoms with van der Waals surface area (Å²) in [6.07, 6.45) is 7.84. The molecule has 0 aromatic carbocycles. The molecule has 10 nitrogen and oxygen atoms in total. The third kappa shape index (κ3) is 62.3. The molecule has 2 heterocycles. The minimum atomic E-state index is -4.94. The van der Waals surface area contributed by atoms with Gasteiger partial charge in [0.1, 0.15) is 0 Å². The van der Waals surface area contributed by atoms with Gasteiger partial charge in [-0.1, -0.05) is 18.5 Å². The number of hydrogen-bond acceptors (Lipinski definition) is 10. The van der Waals surface area contributed by atoms with E-state index in [0.717, 1.165) is 0 Å². The quantitative estimate of drug-likeness (QED) is 0.269. The number of aromatic nitrogens is 2. The second kappa shape index (κ2) is 16.1. The van der Waals surface area contributed by atoms with Crippen molar-refractivity contribution < 1.29 is 77.2 Å². The number of rotatable bonds is 0. The molecule has 0 aliphatic rings. The minimum Gasteiger partial charge on any atom is -0.394 e. The molecule has 0 aliphatic heterocycles. The van der Waals surface area contributed by atoms with Gasteiger partial charge < -0.3 is 4.98 Å². The largest absolute Gasteiger partial charge is 3.00 e. The molecule has 0 atom stereocenters. The van der Waals surface area contributed by atoms with Gasteiger partial charge in [-0.2, -0.15) is 18.2 Å². The monoisotopic (exact) mass is 457 g/mol. The predicted octanol–water partition coefficient (Wildman–Crippen LogP) is -7.55. The number of halogens is 2. The molecule has 0 saturated heterocycles. The van der Waals surface area contributed by atoms with Gasteiger partial charge in [0, 0.05) is 12.4 Å². The molecule has 0 unspecified atom stereocenters. The van der Waals surface area contributed by atoms with Crippen molar-refractivity contribution in [1.29, 1.82) is 0 Å². The van der Waals surface area contributed by atoms with Crippen LogP contribution in [0.1, 0.15) is 0 Å². The van der Waals surface area contributed by atoms with Gasteiger partial charge in [-0.15, -0.1) is 20.5 Å². The molecule has 13 heteroatoms. The van der Waals surface area contributed by atoms with E-state index in [1.54, 1.807) is 24.7 Å². The van der Waals surface area contributed by atoms with Crippen LogP contribution in [0.3, 0.4) is 0 Å². The van der Waals surface area contributed by atoms with Crippen LogP contribution in [0.2, 0.25) is 0 Å². The fourth-order valence-corrected chi connectivity index (χ4v) is 0.590. The first-order chi connectivity index (χ1) is 10.0. The van der Waals surface area contributed by atoms with E-state index in [9.17, 15) is 0 Å². The maximum Gasteiger partial charge on any atom is 3.00 e. The Hall–Kier alpha value is -0.817. The zero-order valence-electron chi connectivity index (χ0n) is 11.0. The molecule has 0 amide bonds. The second-order valence-electron chi connectivity index (χ2n) is 2.74. The van der Waals surface area contributed by atoms with Crippen molar-refractivity contribution in [3.63, 3.8) is 0 Å². The zero-order chi connectivity index (χ0) is 17.5. The first kappa shape index (κ1) is 27.1. The molecule has 23 heavy (non-hydrogen) atoms. The minimum absolute atomic E-state index is 0. The average molecular weight is 457 g/mol. The van der Waals surface area contributed by atoms with Crippen molar-refractivity contribution in [2.75, 3.05) is 0 Å². The molecule has 0 bridgehead atoms. The number of hydrogen-bond donors (Lipinski definition) is 0. The van der Waals surface area contributed by atoms with E-state index in [0.29, 0.717) is 0 Å². The topological polar surface area (TPSA) is 210 Å². The van der Waals surface area contributed by atoms with Gasteiger partial charge in [0.2, 0.25) is 0 Å². The third-order valence-corrected chi connectivity index (χ3v) is 1.08. The normalized spacial score (nSPS) is 9.39. The third-order valence-electron chi connectivity index (χ3n) is 1.08. The van der Waals surface area contributed by atoms with Crippen molar-refractivity contribution in [3.05, 3.63) is 61.2 Å². The Morgan fingerprint density at radius 2 is 1.00 bits per heavy atom. The van der Waals surface area contributed by atoms with Crippen LogP contribution in [-0.4, -0.2) is 9.97 Å². The maximum absolute atomic E-state index is 8.49. The Labute approximate surface area is 148 Å². The van der Waals surface area contributed by atoms with Gasteiger partial charge in [-0.3, -0.25) is 4.98 Å². The molecule has 1 radical (unpaired) electrons.